The van der Waals surface area contributed by atoms with Gasteiger partial charge in [-0.25, -0.2) is 4.39 Å². The van der Waals surface area contributed by atoms with E-state index in [-0.39, 0.29) is 30.0 Å². The molecule has 1 saturated heterocycles. The topological polar surface area (TPSA) is 88.3 Å². The van der Waals surface area contributed by atoms with Gasteiger partial charge in [-0.05, 0) is 42.7 Å². The quantitative estimate of drug-likeness (QED) is 0.676. The lowest BCUT2D eigenvalue weighted by Crippen LogP contribution is -2.40. The molecule has 2 amide bonds. The summed E-state index contributed by atoms with van der Waals surface area (Å²) in [5.74, 6) is 0.304. The van der Waals surface area contributed by atoms with E-state index in [2.05, 4.69) is 15.5 Å². The summed E-state index contributed by atoms with van der Waals surface area (Å²) in [4.78, 5) is 30.2. The largest absolute Gasteiger partial charge is 0.342 e. The van der Waals surface area contributed by atoms with Crippen molar-refractivity contribution in [1.82, 2.24) is 15.0 Å². The number of likely N-dealkylation sites (tertiary alicyclic amines) is 1. The smallest absolute Gasteiger partial charge is 0.231 e. The minimum Gasteiger partial charge on any atom is -0.342 e. The Bertz CT molecular complexity index is 1080. The molecule has 1 aliphatic heterocycles. The third kappa shape index (κ3) is 5.14. The van der Waals surface area contributed by atoms with Crippen molar-refractivity contribution >= 4 is 17.5 Å². The minimum absolute atomic E-state index is 0.0295. The molecule has 0 spiro atoms. The first-order chi connectivity index (χ1) is 15.0. The van der Waals surface area contributed by atoms with Crippen LogP contribution in [0.4, 0.5) is 10.1 Å². The second-order valence-electron chi connectivity index (χ2n) is 7.70. The van der Waals surface area contributed by atoms with Crippen molar-refractivity contribution in [3.05, 3.63) is 65.8 Å². The van der Waals surface area contributed by atoms with Gasteiger partial charge in [-0.2, -0.15) is 4.98 Å². The normalized spacial score (nSPS) is 16.2. The van der Waals surface area contributed by atoms with Crippen molar-refractivity contribution in [3.8, 4) is 11.4 Å². The number of hydrogen-bond donors (Lipinski definition) is 1. The van der Waals surface area contributed by atoms with Gasteiger partial charge in [0.1, 0.15) is 5.82 Å². The Morgan fingerprint density at radius 1 is 1.23 bits per heavy atom. The van der Waals surface area contributed by atoms with Gasteiger partial charge in [-0.1, -0.05) is 29.4 Å². The maximum Gasteiger partial charge on any atom is 0.231 e. The number of nitrogens with one attached hydrogen (secondary N) is 1. The molecule has 0 aliphatic carbocycles. The maximum absolute atomic E-state index is 13.5. The van der Waals surface area contributed by atoms with Crippen molar-refractivity contribution in [2.24, 2.45) is 0 Å². The number of piperidine rings is 1. The van der Waals surface area contributed by atoms with Gasteiger partial charge in [-0.15, -0.1) is 0 Å². The fourth-order valence-electron chi connectivity index (χ4n) is 3.75. The van der Waals surface area contributed by atoms with Crippen LogP contribution in [0.25, 0.3) is 11.4 Å². The van der Waals surface area contributed by atoms with Gasteiger partial charge in [0, 0.05) is 31.3 Å². The van der Waals surface area contributed by atoms with Crippen LogP contribution in [0.15, 0.2) is 53.1 Å². The van der Waals surface area contributed by atoms with Gasteiger partial charge in [0.15, 0.2) is 0 Å². The SMILES string of the molecule is CC(=O)Nc1ccc(CC(=O)N2CCCC(c3nc(-c4cccc(F)c4)no3)C2)cc1. The Labute approximate surface area is 179 Å². The molecular weight excluding hydrogens is 399 g/mol. The van der Waals surface area contributed by atoms with Crippen LogP contribution in [0.2, 0.25) is 0 Å². The van der Waals surface area contributed by atoms with Gasteiger partial charge < -0.3 is 14.7 Å². The number of benzene rings is 2. The van der Waals surface area contributed by atoms with E-state index >= 15 is 0 Å². The molecule has 1 atom stereocenters. The second kappa shape index (κ2) is 9.07. The van der Waals surface area contributed by atoms with E-state index in [1.54, 1.807) is 24.3 Å². The van der Waals surface area contributed by atoms with Crippen LogP contribution < -0.4 is 5.32 Å². The first-order valence-corrected chi connectivity index (χ1v) is 10.2. The average Bonchev–Trinajstić information content (AvgIpc) is 3.25. The average molecular weight is 422 g/mol. The number of carbonyl (C=O) groups is 2. The second-order valence-corrected chi connectivity index (χ2v) is 7.70. The Hall–Kier alpha value is -3.55. The lowest BCUT2D eigenvalue weighted by Gasteiger charge is -2.31. The van der Waals surface area contributed by atoms with E-state index in [1.165, 1.54) is 19.1 Å². The summed E-state index contributed by atoms with van der Waals surface area (Å²) in [6.07, 6.45) is 1.97. The number of hydrogen-bond acceptors (Lipinski definition) is 5. The van der Waals surface area contributed by atoms with Crippen LogP contribution >= 0.6 is 0 Å². The zero-order chi connectivity index (χ0) is 21.8. The molecule has 1 fully saturated rings. The van der Waals surface area contributed by atoms with Crippen molar-refractivity contribution in [3.63, 3.8) is 0 Å². The number of carbonyl (C=O) groups excluding carboxylic acids is 2. The Morgan fingerprint density at radius 3 is 2.77 bits per heavy atom. The van der Waals surface area contributed by atoms with Crippen LogP contribution in [-0.4, -0.2) is 39.9 Å². The fourth-order valence-corrected chi connectivity index (χ4v) is 3.75. The summed E-state index contributed by atoms with van der Waals surface area (Å²) < 4.78 is 18.9. The zero-order valence-corrected chi connectivity index (χ0v) is 17.2. The lowest BCUT2D eigenvalue weighted by atomic mass is 9.97. The van der Waals surface area contributed by atoms with Gasteiger partial charge >= 0.3 is 0 Å². The molecule has 1 N–H and O–H groups in total. The number of rotatable bonds is 5. The highest BCUT2D eigenvalue weighted by Gasteiger charge is 2.28. The predicted molar refractivity (Wildman–Crippen MR) is 113 cm³/mol. The number of anilines is 1. The summed E-state index contributed by atoms with van der Waals surface area (Å²) in [5, 5.41) is 6.69. The van der Waals surface area contributed by atoms with Gasteiger partial charge in [0.25, 0.3) is 0 Å². The molecule has 3 aromatic rings. The van der Waals surface area contributed by atoms with E-state index in [4.69, 9.17) is 4.52 Å². The molecule has 31 heavy (non-hydrogen) atoms. The highest BCUT2D eigenvalue weighted by atomic mass is 19.1. The first kappa shape index (κ1) is 20.7. The van der Waals surface area contributed by atoms with Crippen molar-refractivity contribution in [2.75, 3.05) is 18.4 Å². The van der Waals surface area contributed by atoms with Gasteiger partial charge in [0.2, 0.25) is 23.5 Å². The van der Waals surface area contributed by atoms with Crippen molar-refractivity contribution < 1.29 is 18.5 Å². The number of amides is 2. The third-order valence-corrected chi connectivity index (χ3v) is 5.28. The highest BCUT2D eigenvalue weighted by Crippen LogP contribution is 2.28. The van der Waals surface area contributed by atoms with Crippen LogP contribution in [0, 0.1) is 5.82 Å². The first-order valence-electron chi connectivity index (χ1n) is 10.2. The molecule has 0 bridgehead atoms. The molecule has 0 radical (unpaired) electrons. The van der Waals surface area contributed by atoms with Crippen LogP contribution in [0.1, 0.15) is 37.1 Å². The molecular formula is C23H23FN4O3. The van der Waals surface area contributed by atoms with E-state index < -0.39 is 0 Å². The minimum atomic E-state index is -0.358. The van der Waals surface area contributed by atoms with E-state index in [0.717, 1.165) is 18.4 Å². The van der Waals surface area contributed by atoms with Crippen LogP contribution in [0.5, 0.6) is 0 Å². The van der Waals surface area contributed by atoms with E-state index in [0.29, 0.717) is 36.1 Å². The molecule has 4 rings (SSSR count). The van der Waals surface area contributed by atoms with Gasteiger partial charge in [-0.3, -0.25) is 9.59 Å². The third-order valence-electron chi connectivity index (χ3n) is 5.28. The molecule has 2 aromatic carbocycles. The molecule has 1 aromatic heterocycles. The van der Waals surface area contributed by atoms with Gasteiger partial charge in [0.05, 0.1) is 12.3 Å². The fraction of sp³-hybridized carbons (Fsp3) is 0.304. The summed E-state index contributed by atoms with van der Waals surface area (Å²) >= 11 is 0. The zero-order valence-electron chi connectivity index (χ0n) is 17.2. The number of nitrogens with zero attached hydrogens (tertiary/aromatic N) is 3. The Balaban J connectivity index is 1.39. The molecule has 8 heteroatoms. The number of halogens is 1. The highest BCUT2D eigenvalue weighted by molar-refractivity contribution is 5.88. The Kier molecular flexibility index (Phi) is 6.06. The van der Waals surface area contributed by atoms with Crippen LogP contribution in [-0.2, 0) is 16.0 Å². The number of aromatic nitrogens is 2. The maximum atomic E-state index is 13.5. The van der Waals surface area contributed by atoms with Crippen molar-refractivity contribution in [2.45, 2.75) is 32.1 Å². The lowest BCUT2D eigenvalue weighted by molar-refractivity contribution is -0.131. The molecule has 1 unspecified atom stereocenters. The standard InChI is InChI=1S/C23H23FN4O3/c1-15(29)25-20-9-7-16(8-10-20)12-21(30)28-11-3-5-18(14-28)23-26-22(27-31-23)17-4-2-6-19(24)13-17/h2,4,6-10,13,18H,3,5,11-12,14H2,1H3,(H,25,29). The molecule has 7 nitrogen and oxygen atoms in total. The summed E-state index contributed by atoms with van der Waals surface area (Å²) in [7, 11) is 0. The summed E-state index contributed by atoms with van der Waals surface area (Å²) in [5.41, 5.74) is 2.14. The molecule has 0 saturated carbocycles. The van der Waals surface area contributed by atoms with Crippen LogP contribution in [0.3, 0.4) is 0 Å². The molecule has 160 valence electrons. The van der Waals surface area contributed by atoms with E-state index in [1.807, 2.05) is 17.0 Å². The molecule has 1 aliphatic rings. The van der Waals surface area contributed by atoms with E-state index in [9.17, 15) is 14.0 Å². The Morgan fingerprint density at radius 2 is 2.03 bits per heavy atom. The summed E-state index contributed by atoms with van der Waals surface area (Å²) in [6.45, 7) is 2.65. The summed E-state index contributed by atoms with van der Waals surface area (Å²) in [6, 6.07) is 13.3. The monoisotopic (exact) mass is 422 g/mol. The predicted octanol–water partition coefficient (Wildman–Crippen LogP) is 3.78. The molecule has 2 heterocycles. The van der Waals surface area contributed by atoms with Crippen molar-refractivity contribution in [1.29, 1.82) is 0 Å².